The molecule has 4 aromatic carbocycles. The molecule has 566 valence electrons. The van der Waals surface area contributed by atoms with Crippen molar-refractivity contribution in [2.75, 3.05) is 14.2 Å². The fraction of sp³-hybridized carbons (Fsp3) is 0.705. The SMILES string of the molecule is CCCCCCCCCCCCCC(c1cc(C(C)(C)C)c(OP(O)O)cc1C)(c1cc(C(C)(C)C)c(OP(O)O)cc1C)C(CCCCCCCCCCCCC)(c1c(C(C)(C)C)cc(CCC(=O)OC)cc1C(C)(C)C)C(C)c1c(C(C)(C)C)cc(CCC(=O)OC)cc1C(C)(C)C. The molecule has 0 radical (unpaired) electrons. The molecular formula is C88H144O10P2. The zero-order valence-electron chi connectivity index (χ0n) is 68.1. The summed E-state index contributed by atoms with van der Waals surface area (Å²) < 4.78 is 23.3. The van der Waals surface area contributed by atoms with Crippen molar-refractivity contribution in [2.45, 2.75) is 388 Å². The Hall–Kier alpha value is -3.88. The number of esters is 2. The number of hydrogen-bond donors (Lipinski definition) is 4. The normalized spacial score (nSPS) is 13.9. The van der Waals surface area contributed by atoms with Gasteiger partial charge in [0.25, 0.3) is 0 Å². The number of rotatable bonds is 40. The maximum Gasteiger partial charge on any atom is 0.391 e. The molecule has 4 rings (SSSR count). The van der Waals surface area contributed by atoms with Gasteiger partial charge in [-0.3, -0.25) is 9.59 Å². The van der Waals surface area contributed by atoms with Crippen LogP contribution in [0.2, 0.25) is 0 Å². The maximum atomic E-state index is 13.4. The molecule has 4 aromatic rings. The van der Waals surface area contributed by atoms with E-state index in [0.29, 0.717) is 30.8 Å². The van der Waals surface area contributed by atoms with E-state index in [-0.39, 0.29) is 30.7 Å². The van der Waals surface area contributed by atoms with Crippen LogP contribution in [0.5, 0.6) is 11.5 Å². The maximum absolute atomic E-state index is 13.4. The summed E-state index contributed by atoms with van der Waals surface area (Å²) in [6.45, 7) is 53.3. The highest BCUT2D eigenvalue weighted by Gasteiger charge is 2.61. The van der Waals surface area contributed by atoms with Gasteiger partial charge in [-0.05, 0) is 157 Å². The van der Waals surface area contributed by atoms with E-state index in [1.54, 1.807) is 0 Å². The summed E-state index contributed by atoms with van der Waals surface area (Å²) in [6.07, 6.45) is 28.9. The fourth-order valence-electron chi connectivity index (χ4n) is 16.4. The van der Waals surface area contributed by atoms with Gasteiger partial charge in [0.1, 0.15) is 11.5 Å². The van der Waals surface area contributed by atoms with E-state index in [2.05, 4.69) is 208 Å². The van der Waals surface area contributed by atoms with Gasteiger partial charge in [-0.25, -0.2) is 0 Å². The highest BCUT2D eigenvalue weighted by Crippen LogP contribution is 2.67. The third-order valence-corrected chi connectivity index (χ3v) is 22.3. The molecule has 0 aliphatic heterocycles. The van der Waals surface area contributed by atoms with Gasteiger partial charge in [0.2, 0.25) is 0 Å². The van der Waals surface area contributed by atoms with Crippen LogP contribution in [0.25, 0.3) is 0 Å². The molecule has 0 aliphatic carbocycles. The highest BCUT2D eigenvalue weighted by molar-refractivity contribution is 7.40. The summed E-state index contributed by atoms with van der Waals surface area (Å²) in [5.74, 6) is 0.110. The van der Waals surface area contributed by atoms with Gasteiger partial charge in [0.05, 0.1) is 14.2 Å². The average molecular weight is 1420 g/mol. The quantitative estimate of drug-likeness (QED) is 0.0192. The second-order valence-electron chi connectivity index (χ2n) is 36.0. The number of unbranched alkanes of at least 4 members (excludes halogenated alkanes) is 20. The van der Waals surface area contributed by atoms with E-state index < -0.39 is 60.5 Å². The Kier molecular flexibility index (Phi) is 34.5. The lowest BCUT2D eigenvalue weighted by Crippen LogP contribution is -2.56. The highest BCUT2D eigenvalue weighted by atomic mass is 31.2. The first-order valence-corrected chi connectivity index (χ1v) is 41.3. The molecule has 0 aliphatic rings. The average Bonchev–Trinajstić information content (AvgIpc) is 0.676. The largest absolute Gasteiger partial charge is 0.469 e. The van der Waals surface area contributed by atoms with Crippen LogP contribution in [0.4, 0.5) is 0 Å². The summed E-state index contributed by atoms with van der Waals surface area (Å²) in [7, 11) is -2.66. The third-order valence-electron chi connectivity index (χ3n) is 21.6. The van der Waals surface area contributed by atoms with Crippen LogP contribution in [-0.4, -0.2) is 45.7 Å². The molecule has 2 atom stereocenters. The van der Waals surface area contributed by atoms with Crippen molar-refractivity contribution in [3.05, 3.63) is 126 Å². The second-order valence-corrected chi connectivity index (χ2v) is 37.4. The summed E-state index contributed by atoms with van der Waals surface area (Å²) in [4.78, 5) is 70.7. The summed E-state index contributed by atoms with van der Waals surface area (Å²) in [6, 6.07) is 18.9. The monoisotopic (exact) mass is 1420 g/mol. The van der Waals surface area contributed by atoms with E-state index in [9.17, 15) is 29.2 Å². The molecule has 12 heteroatoms. The Morgan fingerprint density at radius 1 is 0.380 bits per heavy atom. The summed E-state index contributed by atoms with van der Waals surface area (Å²) in [5.41, 5.74) is 10.9. The molecule has 100 heavy (non-hydrogen) atoms. The van der Waals surface area contributed by atoms with Crippen LogP contribution in [0, 0.1) is 13.8 Å². The molecule has 0 saturated heterocycles. The smallest absolute Gasteiger partial charge is 0.391 e. The van der Waals surface area contributed by atoms with Gasteiger partial charge in [-0.2, -0.15) is 0 Å². The zero-order valence-corrected chi connectivity index (χ0v) is 69.9. The first kappa shape index (κ1) is 88.5. The van der Waals surface area contributed by atoms with Crippen molar-refractivity contribution < 1.29 is 47.7 Å². The molecule has 4 N–H and O–H groups in total. The Balaban J connectivity index is 2.72. The molecule has 0 fully saturated rings. The summed E-state index contributed by atoms with van der Waals surface area (Å²) in [5, 5.41) is 0. The van der Waals surface area contributed by atoms with Gasteiger partial charge in [0, 0.05) is 34.8 Å². The number of carbonyl (C=O) groups is 2. The second kappa shape index (κ2) is 38.9. The number of benzene rings is 4. The molecule has 0 bridgehead atoms. The van der Waals surface area contributed by atoms with Crippen LogP contribution >= 0.6 is 17.2 Å². The number of aryl methyl sites for hydroxylation is 4. The summed E-state index contributed by atoms with van der Waals surface area (Å²) >= 11 is 0. The van der Waals surface area contributed by atoms with Gasteiger partial charge in [0.15, 0.2) is 0 Å². The van der Waals surface area contributed by atoms with Crippen molar-refractivity contribution in [1.82, 2.24) is 0 Å². The van der Waals surface area contributed by atoms with Crippen LogP contribution in [0.15, 0.2) is 48.5 Å². The number of ether oxygens (including phenoxy) is 2. The Morgan fingerprint density at radius 3 is 0.940 bits per heavy atom. The topological polar surface area (TPSA) is 152 Å². The lowest BCUT2D eigenvalue weighted by Gasteiger charge is -2.60. The van der Waals surface area contributed by atoms with Gasteiger partial charge in [-0.1, -0.05) is 323 Å². The Bertz CT molecular complexity index is 3040. The first-order valence-electron chi connectivity index (χ1n) is 39.0. The Morgan fingerprint density at radius 2 is 0.660 bits per heavy atom. The van der Waals surface area contributed by atoms with E-state index >= 15 is 0 Å². The number of carbonyl (C=O) groups excluding carboxylic acids is 2. The molecule has 2 unspecified atom stereocenters. The first-order chi connectivity index (χ1) is 46.5. The van der Waals surface area contributed by atoms with E-state index in [1.807, 2.05) is 0 Å². The minimum absolute atomic E-state index is 0.235. The molecule has 10 nitrogen and oxygen atoms in total. The van der Waals surface area contributed by atoms with Crippen molar-refractivity contribution in [1.29, 1.82) is 0 Å². The van der Waals surface area contributed by atoms with E-state index in [4.69, 9.17) is 18.5 Å². The van der Waals surface area contributed by atoms with Gasteiger partial charge >= 0.3 is 29.1 Å². The van der Waals surface area contributed by atoms with Crippen LogP contribution in [0.1, 0.15) is 396 Å². The van der Waals surface area contributed by atoms with Gasteiger partial charge in [-0.15, -0.1) is 0 Å². The third kappa shape index (κ3) is 24.3. The zero-order chi connectivity index (χ0) is 75.4. The molecule has 0 saturated carbocycles. The van der Waals surface area contributed by atoms with Crippen molar-refractivity contribution in [3.8, 4) is 11.5 Å². The minimum atomic E-state index is -2.80. The van der Waals surface area contributed by atoms with E-state index in [1.165, 1.54) is 137 Å². The Labute approximate surface area is 613 Å². The van der Waals surface area contributed by atoms with E-state index in [0.717, 1.165) is 102 Å². The van der Waals surface area contributed by atoms with Crippen LogP contribution < -0.4 is 9.05 Å². The lowest BCUT2D eigenvalue weighted by atomic mass is 9.42. The van der Waals surface area contributed by atoms with Crippen molar-refractivity contribution in [2.24, 2.45) is 0 Å². The standard InChI is InChI=1S/C88H144O10P2/c1-26-28-30-32-34-36-38-40-42-44-46-52-87(80-73(85(18,19)20)58-66(49-51-78(90)96-25)59-74(80)86(21,22)23,64(5)79-71(83(12,13)14)56-65(48-50-77(89)95-24)57-72(79)84(15,16)17)88(53-47-45-43-41-39-37-35-33-31-29-27-2,67-60-69(81(6,7)8)75(54-62(67)3)97-99(91)92)68-61-70(82(9,10)11)76(55-63(68)4)98-100(93)94/h54-61,64,91-94H,26-53H2,1-25H3. The van der Waals surface area contributed by atoms with Crippen LogP contribution in [0.3, 0.4) is 0 Å². The van der Waals surface area contributed by atoms with Crippen LogP contribution in [-0.2, 0) is 75.2 Å². The predicted molar refractivity (Wildman–Crippen MR) is 425 cm³/mol. The predicted octanol–water partition coefficient (Wildman–Crippen LogP) is 24.9. The molecule has 0 aromatic heterocycles. The molecular weight excluding hydrogens is 1280 g/mol. The minimum Gasteiger partial charge on any atom is -0.469 e. The van der Waals surface area contributed by atoms with Gasteiger partial charge < -0.3 is 38.1 Å². The number of hydrogen-bond acceptors (Lipinski definition) is 10. The molecule has 0 spiro atoms. The fourth-order valence-corrected chi connectivity index (χ4v) is 17.0. The molecule has 0 heterocycles. The lowest BCUT2D eigenvalue weighted by molar-refractivity contribution is -0.141. The van der Waals surface area contributed by atoms with Crippen molar-refractivity contribution in [3.63, 3.8) is 0 Å². The molecule has 0 amide bonds. The number of methoxy groups -OCH3 is 2. The van der Waals surface area contributed by atoms with Crippen molar-refractivity contribution >= 4 is 29.1 Å².